The Kier molecular flexibility index (Phi) is 6.41. The summed E-state index contributed by atoms with van der Waals surface area (Å²) in [6.45, 7) is 1.05. The van der Waals surface area contributed by atoms with Gasteiger partial charge in [0.25, 0.3) is 0 Å². The number of likely N-dealkylation sites (tertiary alicyclic amines) is 1. The number of carbonyl (C=O) groups is 3. The summed E-state index contributed by atoms with van der Waals surface area (Å²) >= 11 is 0. The summed E-state index contributed by atoms with van der Waals surface area (Å²) in [5.74, 6) is -2.01. The molecule has 3 amide bonds. The molecule has 6 rings (SSSR count). The molecule has 1 aliphatic carbocycles. The first kappa shape index (κ1) is 24.4. The highest BCUT2D eigenvalue weighted by Gasteiger charge is 2.71. The van der Waals surface area contributed by atoms with E-state index in [1.807, 2.05) is 59.5 Å². The van der Waals surface area contributed by atoms with E-state index in [-0.39, 0.29) is 36.9 Å². The van der Waals surface area contributed by atoms with Crippen LogP contribution in [0.15, 0.2) is 54.6 Å². The fourth-order valence-corrected chi connectivity index (χ4v) is 7.20. The molecule has 0 aromatic heterocycles. The molecular weight excluding hydrogens is 470 g/mol. The van der Waals surface area contributed by atoms with Gasteiger partial charge >= 0.3 is 0 Å². The number of hydrogen-bond donors (Lipinski definition) is 1. The standard InChI is InChI=1S/C29H35N3O5/c33-19-9-18-32-25-28(36)31(21-12-5-2-6-13-21)17-8-15-29(25)24(27(32)35)23-22(37-29)14-7-16-30(26(23)34)20-10-3-1-4-11-20/h1,3-4,7-8,10-11,14-15,21-25,33H,2,5-6,9,12-13,16-19H2/t22-,23+,24+,25?,29+/m1/s1. The van der Waals surface area contributed by atoms with Crippen LogP contribution in [-0.4, -0.2) is 82.7 Å². The number of aliphatic hydroxyl groups is 1. The molecule has 8 nitrogen and oxygen atoms in total. The van der Waals surface area contributed by atoms with E-state index in [4.69, 9.17) is 4.74 Å². The molecule has 5 aliphatic rings. The average molecular weight is 506 g/mol. The number of carbonyl (C=O) groups excluding carboxylic acids is 3. The quantitative estimate of drug-likeness (QED) is 0.621. The first-order chi connectivity index (χ1) is 18.1. The van der Waals surface area contributed by atoms with Gasteiger partial charge in [0.1, 0.15) is 11.6 Å². The second kappa shape index (κ2) is 9.72. The summed E-state index contributed by atoms with van der Waals surface area (Å²) in [5.41, 5.74) is -0.434. The third-order valence-electron chi connectivity index (χ3n) is 8.83. The van der Waals surface area contributed by atoms with Gasteiger partial charge in [0, 0.05) is 38.0 Å². The number of fused-ring (bicyclic) bond motifs is 2. The van der Waals surface area contributed by atoms with Crippen molar-refractivity contribution in [2.24, 2.45) is 11.8 Å². The van der Waals surface area contributed by atoms with Crippen LogP contribution in [0.3, 0.4) is 0 Å². The monoisotopic (exact) mass is 505 g/mol. The Morgan fingerprint density at radius 2 is 1.73 bits per heavy atom. The van der Waals surface area contributed by atoms with Gasteiger partial charge in [-0.15, -0.1) is 0 Å². The van der Waals surface area contributed by atoms with E-state index in [2.05, 4.69) is 0 Å². The third-order valence-corrected chi connectivity index (χ3v) is 8.83. The average Bonchev–Trinajstić information content (AvgIpc) is 3.23. The summed E-state index contributed by atoms with van der Waals surface area (Å²) in [7, 11) is 0. The van der Waals surface area contributed by atoms with E-state index in [0.717, 1.165) is 31.4 Å². The van der Waals surface area contributed by atoms with Crippen LogP contribution in [0.1, 0.15) is 38.5 Å². The Hall–Kier alpha value is -2.97. The van der Waals surface area contributed by atoms with E-state index >= 15 is 0 Å². The first-order valence-corrected chi connectivity index (χ1v) is 13.7. The molecule has 0 radical (unpaired) electrons. The second-order valence-corrected chi connectivity index (χ2v) is 10.8. The third kappa shape index (κ3) is 3.84. The van der Waals surface area contributed by atoms with Crippen molar-refractivity contribution in [3.8, 4) is 0 Å². The smallest absolute Gasteiger partial charge is 0.249 e. The number of amides is 3. The number of nitrogens with zero attached hydrogens (tertiary/aromatic N) is 3. The highest BCUT2D eigenvalue weighted by Crippen LogP contribution is 2.53. The van der Waals surface area contributed by atoms with Crippen LogP contribution < -0.4 is 4.90 Å². The molecule has 1 aromatic rings. The van der Waals surface area contributed by atoms with Crippen LogP contribution in [0.5, 0.6) is 0 Å². The highest BCUT2D eigenvalue weighted by atomic mass is 16.5. The molecule has 4 heterocycles. The van der Waals surface area contributed by atoms with Crippen LogP contribution in [0, 0.1) is 11.8 Å². The SMILES string of the molecule is O=C1[C@@H]2[C@H]3C(=O)N(CCCO)C4C(=O)N(C5CCCCC5)CC=C[C@@]43O[C@@H]2C=CCN1c1ccccc1. The zero-order valence-corrected chi connectivity index (χ0v) is 21.1. The van der Waals surface area contributed by atoms with Gasteiger partial charge in [-0.1, -0.05) is 61.8 Å². The fraction of sp³-hybridized carbons (Fsp3) is 0.552. The Balaban J connectivity index is 1.40. The maximum Gasteiger partial charge on any atom is 0.249 e. The summed E-state index contributed by atoms with van der Waals surface area (Å²) < 4.78 is 6.69. The summed E-state index contributed by atoms with van der Waals surface area (Å²) in [4.78, 5) is 47.7. The van der Waals surface area contributed by atoms with Crippen LogP contribution in [0.4, 0.5) is 5.69 Å². The zero-order chi connectivity index (χ0) is 25.6. The molecule has 196 valence electrons. The van der Waals surface area contributed by atoms with Crippen LogP contribution >= 0.6 is 0 Å². The Labute approximate surface area is 217 Å². The largest absolute Gasteiger partial charge is 0.396 e. The van der Waals surface area contributed by atoms with Crippen molar-refractivity contribution >= 4 is 23.4 Å². The molecule has 1 spiro atoms. The van der Waals surface area contributed by atoms with E-state index < -0.39 is 29.6 Å². The van der Waals surface area contributed by atoms with Crippen molar-refractivity contribution in [1.29, 1.82) is 0 Å². The summed E-state index contributed by atoms with van der Waals surface area (Å²) in [6, 6.07) is 8.78. The predicted molar refractivity (Wildman–Crippen MR) is 137 cm³/mol. The molecule has 5 atom stereocenters. The molecule has 37 heavy (non-hydrogen) atoms. The minimum absolute atomic E-state index is 0.0824. The molecule has 1 N–H and O–H groups in total. The number of hydrogen-bond acceptors (Lipinski definition) is 5. The van der Waals surface area contributed by atoms with Crippen molar-refractivity contribution in [3.05, 3.63) is 54.6 Å². The molecule has 8 heteroatoms. The van der Waals surface area contributed by atoms with Crippen molar-refractivity contribution < 1.29 is 24.2 Å². The molecule has 1 aromatic carbocycles. The number of aliphatic hydroxyl groups excluding tert-OH is 1. The van der Waals surface area contributed by atoms with Gasteiger partial charge in [-0.05, 0) is 31.4 Å². The van der Waals surface area contributed by atoms with Gasteiger partial charge in [-0.3, -0.25) is 14.4 Å². The number of para-hydroxylation sites is 1. The van der Waals surface area contributed by atoms with Crippen LogP contribution in [-0.2, 0) is 19.1 Å². The molecule has 2 saturated heterocycles. The predicted octanol–water partition coefficient (Wildman–Crippen LogP) is 2.28. The lowest BCUT2D eigenvalue weighted by Gasteiger charge is -2.39. The lowest BCUT2D eigenvalue weighted by molar-refractivity contribution is -0.149. The maximum atomic E-state index is 14.3. The summed E-state index contributed by atoms with van der Waals surface area (Å²) in [6.07, 6.45) is 12.8. The molecule has 0 bridgehead atoms. The van der Waals surface area contributed by atoms with Gasteiger partial charge in [0.2, 0.25) is 17.7 Å². The number of ether oxygens (including phenoxy) is 1. The normalized spacial score (nSPS) is 33.9. The van der Waals surface area contributed by atoms with Gasteiger partial charge < -0.3 is 24.5 Å². The number of anilines is 1. The Bertz CT molecular complexity index is 1110. The van der Waals surface area contributed by atoms with Crippen LogP contribution in [0.2, 0.25) is 0 Å². The first-order valence-electron chi connectivity index (χ1n) is 13.7. The minimum Gasteiger partial charge on any atom is -0.396 e. The molecule has 1 saturated carbocycles. The maximum absolute atomic E-state index is 14.3. The lowest BCUT2D eigenvalue weighted by atomic mass is 9.77. The van der Waals surface area contributed by atoms with Gasteiger partial charge in [-0.25, -0.2) is 0 Å². The van der Waals surface area contributed by atoms with Crippen molar-refractivity contribution in [2.75, 3.05) is 31.1 Å². The van der Waals surface area contributed by atoms with E-state index in [9.17, 15) is 19.5 Å². The Morgan fingerprint density at radius 1 is 0.946 bits per heavy atom. The molecule has 3 fully saturated rings. The number of benzene rings is 1. The van der Waals surface area contributed by atoms with Crippen molar-refractivity contribution in [1.82, 2.24) is 9.80 Å². The number of rotatable bonds is 5. The van der Waals surface area contributed by atoms with Crippen molar-refractivity contribution in [3.63, 3.8) is 0 Å². The second-order valence-electron chi connectivity index (χ2n) is 10.8. The van der Waals surface area contributed by atoms with Gasteiger partial charge in [0.05, 0.1) is 17.9 Å². The Morgan fingerprint density at radius 3 is 2.49 bits per heavy atom. The minimum atomic E-state index is -1.21. The molecule has 4 aliphatic heterocycles. The zero-order valence-electron chi connectivity index (χ0n) is 21.1. The molecular formula is C29H35N3O5. The van der Waals surface area contributed by atoms with Crippen LogP contribution in [0.25, 0.3) is 0 Å². The highest BCUT2D eigenvalue weighted by molar-refractivity contribution is 6.03. The summed E-state index contributed by atoms with van der Waals surface area (Å²) in [5, 5.41) is 9.57. The fourth-order valence-electron chi connectivity index (χ4n) is 7.20. The van der Waals surface area contributed by atoms with Gasteiger partial charge in [0.15, 0.2) is 0 Å². The lowest BCUT2D eigenvalue weighted by Crippen LogP contribution is -2.57. The topological polar surface area (TPSA) is 90.4 Å². The van der Waals surface area contributed by atoms with Crippen molar-refractivity contribution in [2.45, 2.75) is 62.3 Å². The van der Waals surface area contributed by atoms with E-state index in [1.54, 1.807) is 9.80 Å². The van der Waals surface area contributed by atoms with E-state index in [0.29, 0.717) is 19.5 Å². The van der Waals surface area contributed by atoms with E-state index in [1.165, 1.54) is 6.42 Å². The molecule has 1 unspecified atom stereocenters. The van der Waals surface area contributed by atoms with Gasteiger partial charge in [-0.2, -0.15) is 0 Å².